The number of carbonyl (C=O) groups excluding carboxylic acids is 2. The first-order valence-corrected chi connectivity index (χ1v) is 9.41. The Balaban J connectivity index is 2.00. The van der Waals surface area contributed by atoms with Crippen molar-refractivity contribution in [2.45, 2.75) is 32.4 Å². The summed E-state index contributed by atoms with van der Waals surface area (Å²) in [6, 6.07) is 9.59. The Labute approximate surface area is 168 Å². The standard InChI is InChI=1S/C19H20Cl3NO3/c1-12(16(20)17(21)22)26-19(25)15-10-6-5-9-14(15)18(24)23-11-13-7-3-2-4-8-13/h2-8,12,14-15H,9-11H2,1H3,(H,23,24)/t12-,14-,15+/m0/s1. The molecule has 1 N–H and O–H groups in total. The lowest BCUT2D eigenvalue weighted by Crippen LogP contribution is -2.39. The lowest BCUT2D eigenvalue weighted by atomic mass is 9.82. The molecule has 0 unspecified atom stereocenters. The van der Waals surface area contributed by atoms with Crippen LogP contribution in [0.3, 0.4) is 0 Å². The Morgan fingerprint density at radius 2 is 1.73 bits per heavy atom. The van der Waals surface area contributed by atoms with Crippen LogP contribution in [-0.2, 0) is 20.9 Å². The third kappa shape index (κ3) is 5.76. The first-order valence-electron chi connectivity index (χ1n) is 8.28. The lowest BCUT2D eigenvalue weighted by molar-refractivity contribution is -0.155. The summed E-state index contributed by atoms with van der Waals surface area (Å²) in [5.74, 6) is -1.73. The average molecular weight is 417 g/mol. The summed E-state index contributed by atoms with van der Waals surface area (Å²) in [5, 5.41) is 2.94. The Bertz CT molecular complexity index is 699. The molecule has 1 aliphatic rings. The summed E-state index contributed by atoms with van der Waals surface area (Å²) in [7, 11) is 0. The van der Waals surface area contributed by atoms with E-state index in [0.717, 1.165) is 5.56 Å². The molecule has 0 aliphatic heterocycles. The Morgan fingerprint density at radius 1 is 1.12 bits per heavy atom. The van der Waals surface area contributed by atoms with Crippen LogP contribution >= 0.6 is 34.8 Å². The molecule has 0 radical (unpaired) electrons. The highest BCUT2D eigenvalue weighted by atomic mass is 35.5. The molecule has 26 heavy (non-hydrogen) atoms. The highest BCUT2D eigenvalue weighted by Crippen LogP contribution is 2.29. The van der Waals surface area contributed by atoms with Gasteiger partial charge in [0, 0.05) is 6.54 Å². The first-order chi connectivity index (χ1) is 12.4. The van der Waals surface area contributed by atoms with E-state index in [4.69, 9.17) is 39.5 Å². The van der Waals surface area contributed by atoms with Crippen molar-refractivity contribution in [1.82, 2.24) is 5.32 Å². The van der Waals surface area contributed by atoms with Gasteiger partial charge in [0.15, 0.2) is 0 Å². The quantitative estimate of drug-likeness (QED) is 0.540. The maximum absolute atomic E-state index is 12.6. The molecule has 0 aromatic heterocycles. The van der Waals surface area contributed by atoms with Crippen LogP contribution in [0.4, 0.5) is 0 Å². The zero-order chi connectivity index (χ0) is 19.1. The molecule has 3 atom stereocenters. The summed E-state index contributed by atoms with van der Waals surface area (Å²) >= 11 is 17.1. The van der Waals surface area contributed by atoms with Crippen molar-refractivity contribution in [1.29, 1.82) is 0 Å². The smallest absolute Gasteiger partial charge is 0.310 e. The van der Waals surface area contributed by atoms with Gasteiger partial charge in [-0.15, -0.1) is 0 Å². The number of rotatable bonds is 6. The summed E-state index contributed by atoms with van der Waals surface area (Å²) < 4.78 is 5.20. The zero-order valence-corrected chi connectivity index (χ0v) is 16.5. The van der Waals surface area contributed by atoms with E-state index < -0.39 is 23.9 Å². The molecule has 1 aromatic rings. The SMILES string of the molecule is C[C@H](OC(=O)[C@@H]1CC=CC[C@@H]1C(=O)NCc1ccccc1)C(Cl)=C(Cl)Cl. The van der Waals surface area contributed by atoms with Crippen molar-refractivity contribution in [2.75, 3.05) is 0 Å². The minimum atomic E-state index is -0.770. The van der Waals surface area contributed by atoms with E-state index in [9.17, 15) is 9.59 Å². The van der Waals surface area contributed by atoms with Crippen molar-refractivity contribution >= 4 is 46.7 Å². The molecular formula is C19H20Cl3NO3. The number of hydrogen-bond donors (Lipinski definition) is 1. The molecule has 0 spiro atoms. The topological polar surface area (TPSA) is 55.4 Å². The van der Waals surface area contributed by atoms with Crippen LogP contribution < -0.4 is 5.32 Å². The predicted molar refractivity (Wildman–Crippen MR) is 104 cm³/mol. The van der Waals surface area contributed by atoms with Gasteiger partial charge in [0.05, 0.1) is 16.9 Å². The van der Waals surface area contributed by atoms with Gasteiger partial charge in [0.1, 0.15) is 10.6 Å². The molecule has 1 amide bonds. The van der Waals surface area contributed by atoms with Gasteiger partial charge in [-0.2, -0.15) is 0 Å². The molecule has 0 heterocycles. The molecule has 1 aromatic carbocycles. The second-order valence-electron chi connectivity index (χ2n) is 6.05. The van der Waals surface area contributed by atoms with E-state index in [1.807, 2.05) is 42.5 Å². The molecule has 0 saturated carbocycles. The van der Waals surface area contributed by atoms with E-state index in [1.165, 1.54) is 0 Å². The molecule has 0 fully saturated rings. The second-order valence-corrected chi connectivity index (χ2v) is 7.40. The van der Waals surface area contributed by atoms with Crippen LogP contribution in [0.5, 0.6) is 0 Å². The number of esters is 1. The normalized spacial score (nSPS) is 20.2. The number of halogens is 3. The van der Waals surface area contributed by atoms with Gasteiger partial charge in [0.25, 0.3) is 0 Å². The number of ether oxygens (including phenoxy) is 1. The number of benzene rings is 1. The minimum Gasteiger partial charge on any atom is -0.457 e. The second kappa shape index (κ2) is 10.0. The van der Waals surface area contributed by atoms with Crippen LogP contribution in [0.25, 0.3) is 0 Å². The Hall–Kier alpha value is -1.49. The van der Waals surface area contributed by atoms with Crippen molar-refractivity contribution in [3.8, 4) is 0 Å². The molecule has 2 rings (SSSR count). The molecule has 0 bridgehead atoms. The van der Waals surface area contributed by atoms with E-state index in [1.54, 1.807) is 6.92 Å². The average Bonchev–Trinajstić information content (AvgIpc) is 2.66. The van der Waals surface area contributed by atoms with Crippen LogP contribution in [0.15, 0.2) is 52.0 Å². The van der Waals surface area contributed by atoms with Gasteiger partial charge in [-0.3, -0.25) is 9.59 Å². The molecule has 0 saturated heterocycles. The van der Waals surface area contributed by atoms with Crippen LogP contribution in [-0.4, -0.2) is 18.0 Å². The van der Waals surface area contributed by atoms with Gasteiger partial charge < -0.3 is 10.1 Å². The number of nitrogens with one attached hydrogen (secondary N) is 1. The van der Waals surface area contributed by atoms with Gasteiger partial charge in [-0.25, -0.2) is 0 Å². The first kappa shape index (κ1) is 20.8. The van der Waals surface area contributed by atoms with E-state index in [-0.39, 0.29) is 15.4 Å². The molecule has 4 nitrogen and oxygen atoms in total. The predicted octanol–water partition coefficient (Wildman–Crippen LogP) is 4.70. The van der Waals surface area contributed by atoms with Crippen LogP contribution in [0.2, 0.25) is 0 Å². The maximum atomic E-state index is 12.6. The number of amides is 1. The number of allylic oxidation sites excluding steroid dienone is 2. The van der Waals surface area contributed by atoms with Crippen molar-refractivity contribution in [2.24, 2.45) is 11.8 Å². The van der Waals surface area contributed by atoms with Gasteiger partial charge in [-0.1, -0.05) is 77.3 Å². The van der Waals surface area contributed by atoms with Gasteiger partial charge >= 0.3 is 5.97 Å². The zero-order valence-electron chi connectivity index (χ0n) is 14.3. The van der Waals surface area contributed by atoms with E-state index in [2.05, 4.69) is 5.32 Å². The Morgan fingerprint density at radius 3 is 2.35 bits per heavy atom. The van der Waals surface area contributed by atoms with Crippen molar-refractivity contribution in [3.05, 3.63) is 57.6 Å². The minimum absolute atomic E-state index is 0.0538. The lowest BCUT2D eigenvalue weighted by Gasteiger charge is -2.27. The summed E-state index contributed by atoms with van der Waals surface area (Å²) in [6.45, 7) is 1.99. The molecule has 7 heteroatoms. The van der Waals surface area contributed by atoms with Gasteiger partial charge in [0.2, 0.25) is 5.91 Å². The van der Waals surface area contributed by atoms with E-state index in [0.29, 0.717) is 19.4 Å². The fourth-order valence-electron chi connectivity index (χ4n) is 2.75. The third-order valence-corrected chi connectivity index (χ3v) is 5.31. The molecule has 140 valence electrons. The largest absolute Gasteiger partial charge is 0.457 e. The highest BCUT2D eigenvalue weighted by Gasteiger charge is 2.36. The van der Waals surface area contributed by atoms with Crippen molar-refractivity contribution < 1.29 is 14.3 Å². The fraction of sp³-hybridized carbons (Fsp3) is 0.368. The summed E-state index contributed by atoms with van der Waals surface area (Å²) in [6.07, 6.45) is 3.93. The maximum Gasteiger partial charge on any atom is 0.310 e. The summed E-state index contributed by atoms with van der Waals surface area (Å²) in [5.41, 5.74) is 0.994. The van der Waals surface area contributed by atoms with E-state index >= 15 is 0 Å². The van der Waals surface area contributed by atoms with Crippen LogP contribution in [0.1, 0.15) is 25.3 Å². The molecular weight excluding hydrogens is 397 g/mol. The number of hydrogen-bond acceptors (Lipinski definition) is 3. The Kier molecular flexibility index (Phi) is 8.01. The van der Waals surface area contributed by atoms with Gasteiger partial charge in [-0.05, 0) is 25.3 Å². The monoisotopic (exact) mass is 415 g/mol. The summed E-state index contributed by atoms with van der Waals surface area (Å²) in [4.78, 5) is 25.1. The third-order valence-electron chi connectivity index (χ3n) is 4.21. The molecule has 1 aliphatic carbocycles. The highest BCUT2D eigenvalue weighted by molar-refractivity contribution is 6.59. The van der Waals surface area contributed by atoms with Crippen molar-refractivity contribution in [3.63, 3.8) is 0 Å². The van der Waals surface area contributed by atoms with Crippen LogP contribution in [0, 0.1) is 11.8 Å². The fourth-order valence-corrected chi connectivity index (χ4v) is 3.10. The number of carbonyl (C=O) groups is 2.